The molecule has 0 spiro atoms. The molecule has 1 aromatic carbocycles. The van der Waals surface area contributed by atoms with Crippen LogP contribution in [-0.4, -0.2) is 100 Å². The summed E-state index contributed by atoms with van der Waals surface area (Å²) < 4.78 is 29.1. The summed E-state index contributed by atoms with van der Waals surface area (Å²) in [6.45, 7) is 3.69. The van der Waals surface area contributed by atoms with Gasteiger partial charge in [0, 0.05) is 31.5 Å². The first kappa shape index (κ1) is 36.5. The highest BCUT2D eigenvalue weighted by molar-refractivity contribution is 5.69. The van der Waals surface area contributed by atoms with Crippen molar-refractivity contribution in [1.82, 2.24) is 4.90 Å². The first-order valence-corrected chi connectivity index (χ1v) is 18.9. The maximum Gasteiger partial charge on any atom is 0.305 e. The summed E-state index contributed by atoms with van der Waals surface area (Å²) in [6.07, 6.45) is 9.82. The second-order valence-corrected chi connectivity index (χ2v) is 14.6. The first-order chi connectivity index (χ1) is 23.9. The molecular weight excluding hydrogens is 630 g/mol. The zero-order valence-electron chi connectivity index (χ0n) is 29.0. The summed E-state index contributed by atoms with van der Waals surface area (Å²) in [5.41, 5.74) is 3.18. The van der Waals surface area contributed by atoms with Crippen molar-refractivity contribution in [3.8, 4) is 11.5 Å². The van der Waals surface area contributed by atoms with E-state index in [0.29, 0.717) is 11.5 Å². The number of carbonyl (C=O) groups is 1. The molecule has 1 aliphatic carbocycles. The van der Waals surface area contributed by atoms with Crippen LogP contribution < -0.4 is 9.47 Å². The van der Waals surface area contributed by atoms with Gasteiger partial charge in [0.2, 0.25) is 6.79 Å². The molecule has 2 saturated heterocycles. The van der Waals surface area contributed by atoms with E-state index in [2.05, 4.69) is 11.8 Å². The van der Waals surface area contributed by atoms with Crippen molar-refractivity contribution in [2.75, 3.05) is 19.9 Å². The Hall–Kier alpha value is -2.25. The van der Waals surface area contributed by atoms with Gasteiger partial charge in [-0.1, -0.05) is 95.6 Å². The van der Waals surface area contributed by atoms with Crippen LogP contribution in [0.4, 0.5) is 0 Å². The Kier molecular flexibility index (Phi) is 12.9. The summed E-state index contributed by atoms with van der Waals surface area (Å²) in [7, 11) is 0. The van der Waals surface area contributed by atoms with Crippen molar-refractivity contribution in [3.63, 3.8) is 0 Å². The van der Waals surface area contributed by atoms with Crippen LogP contribution in [-0.2, 0) is 25.5 Å². The van der Waals surface area contributed by atoms with Gasteiger partial charge >= 0.3 is 5.97 Å². The molecule has 4 N–H and O–H groups in total. The fourth-order valence-corrected chi connectivity index (χ4v) is 8.35. The molecule has 1 aromatic rings. The average molecular weight is 688 g/mol. The molecule has 2 fully saturated rings. The van der Waals surface area contributed by atoms with Gasteiger partial charge in [-0.15, -0.1) is 0 Å². The number of nitrogens with zero attached hydrogens (tertiary/aromatic N) is 1. The van der Waals surface area contributed by atoms with E-state index in [-0.39, 0.29) is 31.8 Å². The minimum absolute atomic E-state index is 0.000578. The van der Waals surface area contributed by atoms with Crippen LogP contribution in [0, 0.1) is 0 Å². The van der Waals surface area contributed by atoms with Gasteiger partial charge in [0.15, 0.2) is 17.8 Å². The number of unbranched alkanes of at least 4 members (excludes halogenated alkanes) is 12. The van der Waals surface area contributed by atoms with Crippen LogP contribution in [0.2, 0.25) is 0 Å². The molecule has 0 amide bonds. The molecule has 0 bridgehead atoms. The molecule has 0 radical (unpaired) electrons. The predicted molar refractivity (Wildman–Crippen MR) is 181 cm³/mol. The van der Waals surface area contributed by atoms with Gasteiger partial charge in [-0.2, -0.15) is 0 Å². The predicted octanol–water partition coefficient (Wildman–Crippen LogP) is 4.61. The van der Waals surface area contributed by atoms with Gasteiger partial charge in [0.25, 0.3) is 0 Å². The summed E-state index contributed by atoms with van der Waals surface area (Å²) >= 11 is 0. The van der Waals surface area contributed by atoms with Gasteiger partial charge in [0.1, 0.15) is 31.0 Å². The van der Waals surface area contributed by atoms with Gasteiger partial charge in [-0.05, 0) is 36.1 Å². The fraction of sp³-hybridized carbons (Fsp3) is 0.763. The lowest BCUT2D eigenvalue weighted by Gasteiger charge is -2.48. The molecule has 49 heavy (non-hydrogen) atoms. The van der Waals surface area contributed by atoms with E-state index in [1.54, 1.807) is 0 Å². The zero-order chi connectivity index (χ0) is 34.3. The molecule has 6 rings (SSSR count). The third-order valence-corrected chi connectivity index (χ3v) is 11.1. The van der Waals surface area contributed by atoms with E-state index in [1.807, 2.05) is 18.2 Å². The van der Waals surface area contributed by atoms with Gasteiger partial charge in [0.05, 0.1) is 12.2 Å². The highest BCUT2D eigenvalue weighted by Crippen LogP contribution is 2.50. The fourth-order valence-electron chi connectivity index (χ4n) is 8.35. The number of rotatable bonds is 18. The molecule has 274 valence electrons. The molecule has 11 nitrogen and oxygen atoms in total. The smallest absolute Gasteiger partial charge is 0.305 e. The minimum Gasteiger partial charge on any atom is -0.463 e. The van der Waals surface area contributed by atoms with Crippen LogP contribution in [0.25, 0.3) is 0 Å². The third kappa shape index (κ3) is 8.63. The molecule has 0 aromatic heterocycles. The largest absolute Gasteiger partial charge is 0.463 e. The van der Waals surface area contributed by atoms with E-state index >= 15 is 0 Å². The van der Waals surface area contributed by atoms with Crippen LogP contribution in [0.1, 0.15) is 120 Å². The Balaban J connectivity index is 0.973. The number of aliphatic hydroxyl groups is 4. The molecule has 0 unspecified atom stereocenters. The highest BCUT2D eigenvalue weighted by Gasteiger charge is 2.53. The summed E-state index contributed by atoms with van der Waals surface area (Å²) in [5.74, 6) is 0.640. The molecule has 5 aliphatic rings. The lowest BCUT2D eigenvalue weighted by molar-refractivity contribution is -0.319. The molecular formula is C38H57NO10. The van der Waals surface area contributed by atoms with E-state index in [4.69, 9.17) is 23.7 Å². The lowest BCUT2D eigenvalue weighted by atomic mass is 9.73. The number of hydrogen-bond acceptors (Lipinski definition) is 11. The van der Waals surface area contributed by atoms with Gasteiger partial charge < -0.3 is 44.1 Å². The number of esters is 1. The van der Waals surface area contributed by atoms with E-state index in [9.17, 15) is 25.2 Å². The van der Waals surface area contributed by atoms with Crippen LogP contribution in [0.15, 0.2) is 23.8 Å². The summed E-state index contributed by atoms with van der Waals surface area (Å²) in [5, 5.41) is 43.7. The molecule has 4 heterocycles. The van der Waals surface area contributed by atoms with E-state index < -0.39 is 48.9 Å². The van der Waals surface area contributed by atoms with Crippen molar-refractivity contribution in [3.05, 3.63) is 34.9 Å². The van der Waals surface area contributed by atoms with Crippen LogP contribution >= 0.6 is 0 Å². The number of hydrogen-bond donors (Lipinski definition) is 4. The summed E-state index contributed by atoms with van der Waals surface area (Å²) in [6, 6.07) is 3.95. The average Bonchev–Trinajstić information content (AvgIpc) is 3.73. The van der Waals surface area contributed by atoms with Crippen molar-refractivity contribution in [2.45, 2.75) is 165 Å². The Bertz CT molecular complexity index is 1270. The maximum absolute atomic E-state index is 12.5. The van der Waals surface area contributed by atoms with Crippen molar-refractivity contribution >= 4 is 5.97 Å². The SMILES string of the molecule is CCCCCCCCCCCCCCCC(=O)OC[C@H]1O[C@@H](O[C@H]2[C@H]3c4cc5c(cc4CN4CCC(=C[C@@H]2O)[C@H]34)OCO5)[C@H](O)[C@@H](O)[C@@H]1O. The van der Waals surface area contributed by atoms with E-state index in [0.717, 1.165) is 55.5 Å². The van der Waals surface area contributed by atoms with Crippen LogP contribution in [0.3, 0.4) is 0 Å². The topological polar surface area (TPSA) is 147 Å². The first-order valence-electron chi connectivity index (χ1n) is 18.9. The van der Waals surface area contributed by atoms with Crippen LogP contribution in [0.5, 0.6) is 11.5 Å². The highest BCUT2D eigenvalue weighted by atomic mass is 16.7. The zero-order valence-corrected chi connectivity index (χ0v) is 29.0. The van der Waals surface area contributed by atoms with E-state index in [1.165, 1.54) is 64.2 Å². The Morgan fingerprint density at radius 1 is 0.857 bits per heavy atom. The normalized spacial score (nSPS) is 31.7. The third-order valence-electron chi connectivity index (χ3n) is 11.1. The van der Waals surface area contributed by atoms with Crippen molar-refractivity contribution < 1.29 is 48.9 Å². The number of benzene rings is 1. The number of ether oxygens (including phenoxy) is 5. The van der Waals surface area contributed by atoms with Crippen molar-refractivity contribution in [2.24, 2.45) is 0 Å². The van der Waals surface area contributed by atoms with Gasteiger partial charge in [-0.25, -0.2) is 0 Å². The van der Waals surface area contributed by atoms with Crippen molar-refractivity contribution in [1.29, 1.82) is 0 Å². The number of carbonyl (C=O) groups excluding carboxylic acids is 1. The standard InChI is InChI=1S/C38H57NO10/c1-2-3-4-5-6-7-8-9-10-11-12-13-14-15-31(41)45-22-30-34(42)35(43)36(44)38(48-30)49-37-27(40)18-24-16-17-39-21-25-19-28-29(47-23-46-28)20-26(25)32(37)33(24)39/h18-20,27,30,32-38,40,42-44H,2-17,21-23H2,1H3/t27-,30+,32-,33+,34+,35-,36+,37+,38-/m0/s1. The Morgan fingerprint density at radius 3 is 2.20 bits per heavy atom. The molecule has 9 atom stereocenters. The maximum atomic E-state index is 12.5. The molecule has 0 saturated carbocycles. The Labute approximate surface area is 290 Å². The molecule has 4 aliphatic heterocycles. The Morgan fingerprint density at radius 2 is 1.51 bits per heavy atom. The second-order valence-electron chi connectivity index (χ2n) is 14.6. The minimum atomic E-state index is -1.59. The number of fused-ring (bicyclic) bond motifs is 3. The lowest BCUT2D eigenvalue weighted by Crippen LogP contribution is -2.61. The number of aliphatic hydroxyl groups excluding tert-OH is 4. The summed E-state index contributed by atoms with van der Waals surface area (Å²) in [4.78, 5) is 14.9. The quantitative estimate of drug-likeness (QED) is 0.0975. The monoisotopic (exact) mass is 687 g/mol. The second kappa shape index (κ2) is 17.3. The van der Waals surface area contributed by atoms with Gasteiger partial charge in [-0.3, -0.25) is 9.69 Å². The molecule has 11 heteroatoms.